The number of aromatic nitrogens is 2. The molecule has 1 aliphatic carbocycles. The first kappa shape index (κ1) is 14.1. The molecule has 1 aliphatic rings. The fourth-order valence-corrected chi connectivity index (χ4v) is 3.04. The predicted octanol–water partition coefficient (Wildman–Crippen LogP) is 3.09. The van der Waals surface area contributed by atoms with E-state index >= 15 is 0 Å². The van der Waals surface area contributed by atoms with Crippen molar-refractivity contribution in [3.05, 3.63) is 30.7 Å². The minimum atomic E-state index is 0.0265. The maximum atomic E-state index is 9.75. The normalized spacial score (nSPS) is 17.6. The van der Waals surface area contributed by atoms with Crippen LogP contribution in [0.15, 0.2) is 35.1 Å². The molecule has 3 rings (SSSR count). The lowest BCUT2D eigenvalue weighted by Gasteiger charge is -2.36. The van der Waals surface area contributed by atoms with Gasteiger partial charge in [-0.3, -0.25) is 0 Å². The molecule has 2 aromatic rings. The zero-order valence-electron chi connectivity index (χ0n) is 12.1. The van der Waals surface area contributed by atoms with Crippen molar-refractivity contribution in [1.82, 2.24) is 10.2 Å². The van der Waals surface area contributed by atoms with Crippen LogP contribution in [-0.2, 0) is 0 Å². The van der Waals surface area contributed by atoms with E-state index in [2.05, 4.69) is 15.5 Å². The van der Waals surface area contributed by atoms with Crippen molar-refractivity contribution in [3.63, 3.8) is 0 Å². The van der Waals surface area contributed by atoms with Gasteiger partial charge in [0.25, 0.3) is 0 Å². The molecule has 0 radical (unpaired) electrons. The molecule has 1 fully saturated rings. The van der Waals surface area contributed by atoms with Crippen molar-refractivity contribution in [3.8, 4) is 11.5 Å². The number of hydrogen-bond acceptors (Lipinski definition) is 5. The van der Waals surface area contributed by atoms with Crippen molar-refractivity contribution in [2.45, 2.75) is 32.1 Å². The summed E-state index contributed by atoms with van der Waals surface area (Å²) in [6, 6.07) is 7.94. The number of aliphatic hydroxyl groups is 1. The lowest BCUT2D eigenvalue weighted by atomic mass is 9.74. The maximum absolute atomic E-state index is 9.75. The van der Waals surface area contributed by atoms with E-state index in [-0.39, 0.29) is 12.0 Å². The number of nitrogens with one attached hydrogen (secondary N) is 1. The van der Waals surface area contributed by atoms with Gasteiger partial charge in [0.05, 0.1) is 6.61 Å². The highest BCUT2D eigenvalue weighted by molar-refractivity contribution is 5.60. The molecule has 1 heterocycles. The summed E-state index contributed by atoms with van der Waals surface area (Å²) in [4.78, 5) is 0. The lowest BCUT2D eigenvalue weighted by molar-refractivity contribution is 0.0944. The number of nitrogens with zero attached hydrogens (tertiary/aromatic N) is 2. The molecule has 21 heavy (non-hydrogen) atoms. The average Bonchev–Trinajstić information content (AvgIpc) is 3.09. The van der Waals surface area contributed by atoms with Crippen LogP contribution in [0.25, 0.3) is 11.5 Å². The Labute approximate surface area is 124 Å². The van der Waals surface area contributed by atoms with E-state index in [1.807, 2.05) is 24.3 Å². The Bertz CT molecular complexity index is 563. The third-order valence-corrected chi connectivity index (χ3v) is 4.39. The first-order valence-electron chi connectivity index (χ1n) is 7.53. The summed E-state index contributed by atoms with van der Waals surface area (Å²) >= 11 is 0. The monoisotopic (exact) mass is 287 g/mol. The van der Waals surface area contributed by atoms with E-state index in [9.17, 15) is 5.11 Å². The van der Waals surface area contributed by atoms with E-state index < -0.39 is 0 Å². The molecule has 0 bridgehead atoms. The van der Waals surface area contributed by atoms with Crippen LogP contribution in [0.2, 0.25) is 0 Å². The fourth-order valence-electron chi connectivity index (χ4n) is 3.04. The van der Waals surface area contributed by atoms with Crippen LogP contribution >= 0.6 is 0 Å². The summed E-state index contributed by atoms with van der Waals surface area (Å²) in [5.74, 6) is 0.521. The molecule has 5 heteroatoms. The van der Waals surface area contributed by atoms with Gasteiger partial charge in [-0.2, -0.15) is 0 Å². The highest BCUT2D eigenvalue weighted by atomic mass is 16.4. The Morgan fingerprint density at radius 1 is 1.24 bits per heavy atom. The Morgan fingerprint density at radius 2 is 2.10 bits per heavy atom. The van der Waals surface area contributed by atoms with Crippen LogP contribution in [0, 0.1) is 5.41 Å². The van der Waals surface area contributed by atoms with Crippen molar-refractivity contribution >= 4 is 5.69 Å². The summed E-state index contributed by atoms with van der Waals surface area (Å²) in [5.41, 5.74) is 1.95. The topological polar surface area (TPSA) is 71.2 Å². The summed E-state index contributed by atoms with van der Waals surface area (Å²) in [7, 11) is 0. The van der Waals surface area contributed by atoms with Gasteiger partial charge in [-0.1, -0.05) is 25.3 Å². The van der Waals surface area contributed by atoms with Gasteiger partial charge in [-0.25, -0.2) is 0 Å². The molecule has 0 unspecified atom stereocenters. The second-order valence-electron chi connectivity index (χ2n) is 5.90. The second-order valence-corrected chi connectivity index (χ2v) is 5.90. The van der Waals surface area contributed by atoms with Gasteiger partial charge in [-0.05, 0) is 31.0 Å². The Morgan fingerprint density at radius 3 is 2.81 bits per heavy atom. The van der Waals surface area contributed by atoms with Crippen LogP contribution in [0.3, 0.4) is 0 Å². The quantitative estimate of drug-likeness (QED) is 0.884. The molecule has 2 N–H and O–H groups in total. The van der Waals surface area contributed by atoms with Gasteiger partial charge in [0, 0.05) is 23.2 Å². The van der Waals surface area contributed by atoms with Gasteiger partial charge < -0.3 is 14.8 Å². The third-order valence-electron chi connectivity index (χ3n) is 4.39. The summed E-state index contributed by atoms with van der Waals surface area (Å²) in [6.07, 6.45) is 7.24. The predicted molar refractivity (Wildman–Crippen MR) is 80.8 cm³/mol. The van der Waals surface area contributed by atoms with Crippen molar-refractivity contribution in [2.24, 2.45) is 5.41 Å². The van der Waals surface area contributed by atoms with Crippen molar-refractivity contribution in [1.29, 1.82) is 0 Å². The Balaban J connectivity index is 1.69. The van der Waals surface area contributed by atoms with E-state index in [0.717, 1.165) is 30.6 Å². The van der Waals surface area contributed by atoms with Crippen LogP contribution in [0.1, 0.15) is 32.1 Å². The number of benzene rings is 1. The summed E-state index contributed by atoms with van der Waals surface area (Å²) < 4.78 is 5.22. The first-order chi connectivity index (χ1) is 10.3. The molecule has 0 atom stereocenters. The number of aliphatic hydroxyl groups excluding tert-OH is 1. The van der Waals surface area contributed by atoms with E-state index in [0.29, 0.717) is 5.89 Å². The molecule has 0 saturated heterocycles. The minimum Gasteiger partial charge on any atom is -0.423 e. The Hall–Kier alpha value is -1.88. The third kappa shape index (κ3) is 3.24. The minimum absolute atomic E-state index is 0.0265. The largest absolute Gasteiger partial charge is 0.423 e. The van der Waals surface area contributed by atoms with Crippen LogP contribution in [-0.4, -0.2) is 28.5 Å². The lowest BCUT2D eigenvalue weighted by Crippen LogP contribution is -2.35. The van der Waals surface area contributed by atoms with E-state index in [4.69, 9.17) is 4.42 Å². The second kappa shape index (κ2) is 6.26. The Kier molecular flexibility index (Phi) is 4.20. The molecule has 112 valence electrons. The molecule has 1 aromatic carbocycles. The van der Waals surface area contributed by atoms with Gasteiger partial charge >= 0.3 is 0 Å². The number of rotatable bonds is 5. The summed E-state index contributed by atoms with van der Waals surface area (Å²) in [5, 5.41) is 20.8. The highest BCUT2D eigenvalue weighted by Gasteiger charge is 2.31. The van der Waals surface area contributed by atoms with Crippen LogP contribution in [0.5, 0.6) is 0 Å². The average molecular weight is 287 g/mol. The molecular formula is C16H21N3O2. The van der Waals surface area contributed by atoms with Crippen molar-refractivity contribution < 1.29 is 9.52 Å². The fraction of sp³-hybridized carbons (Fsp3) is 0.500. The summed E-state index contributed by atoms with van der Waals surface area (Å²) in [6.45, 7) is 1.06. The molecule has 0 amide bonds. The van der Waals surface area contributed by atoms with Crippen LogP contribution < -0.4 is 5.32 Å². The van der Waals surface area contributed by atoms with Gasteiger partial charge in [0.15, 0.2) is 0 Å². The van der Waals surface area contributed by atoms with Gasteiger partial charge in [-0.15, -0.1) is 10.2 Å². The van der Waals surface area contributed by atoms with Gasteiger partial charge in [0.1, 0.15) is 0 Å². The molecule has 0 aliphatic heterocycles. The molecule has 0 spiro atoms. The molecule has 5 nitrogen and oxygen atoms in total. The molecular weight excluding hydrogens is 266 g/mol. The number of anilines is 1. The zero-order valence-corrected chi connectivity index (χ0v) is 12.1. The zero-order chi connectivity index (χ0) is 14.5. The maximum Gasteiger partial charge on any atom is 0.247 e. The van der Waals surface area contributed by atoms with Crippen LogP contribution in [0.4, 0.5) is 5.69 Å². The number of hydrogen-bond donors (Lipinski definition) is 2. The highest BCUT2D eigenvalue weighted by Crippen LogP contribution is 2.36. The van der Waals surface area contributed by atoms with Gasteiger partial charge in [0.2, 0.25) is 12.3 Å². The standard InChI is InChI=1S/C16H21N3O2/c20-11-16(7-2-1-3-8-16)10-17-14-6-4-5-13(9-14)15-19-18-12-21-15/h4-6,9,12,17,20H,1-3,7-8,10-11H2. The molecule has 1 aromatic heterocycles. The van der Waals surface area contributed by atoms with E-state index in [1.165, 1.54) is 25.7 Å². The van der Waals surface area contributed by atoms with Crippen molar-refractivity contribution in [2.75, 3.05) is 18.5 Å². The van der Waals surface area contributed by atoms with E-state index in [1.54, 1.807) is 0 Å². The first-order valence-corrected chi connectivity index (χ1v) is 7.53. The smallest absolute Gasteiger partial charge is 0.247 e. The SMILES string of the molecule is OCC1(CNc2cccc(-c3nnco3)c2)CCCCC1. The molecule has 1 saturated carbocycles.